The molecule has 1 aliphatic carbocycles. The predicted molar refractivity (Wildman–Crippen MR) is 73.7 cm³/mol. The lowest BCUT2D eigenvalue weighted by Crippen LogP contribution is -2.13. The topological polar surface area (TPSA) is 0 Å². The molecule has 0 nitrogen and oxygen atoms in total. The first kappa shape index (κ1) is 14.1. The molecule has 0 saturated heterocycles. The van der Waals surface area contributed by atoms with Crippen LogP contribution in [0, 0.1) is 11.8 Å². The van der Waals surface area contributed by atoms with E-state index in [2.05, 4.69) is 13.8 Å². The van der Waals surface area contributed by atoms with Crippen LogP contribution < -0.4 is 0 Å². The first-order valence-electron chi connectivity index (χ1n) is 7.88. The van der Waals surface area contributed by atoms with Gasteiger partial charge in [-0.05, 0) is 11.8 Å². The highest BCUT2D eigenvalue weighted by Gasteiger charge is 2.20. The highest BCUT2D eigenvalue weighted by molar-refractivity contribution is 4.72. The van der Waals surface area contributed by atoms with Crippen LogP contribution in [0.15, 0.2) is 0 Å². The summed E-state index contributed by atoms with van der Waals surface area (Å²) in [6.45, 7) is 4.72. The zero-order chi connectivity index (χ0) is 11.6. The fourth-order valence-corrected chi connectivity index (χ4v) is 3.39. The summed E-state index contributed by atoms with van der Waals surface area (Å²) < 4.78 is 0. The normalized spacial score (nSPS) is 20.6. The monoisotopic (exact) mass is 224 g/mol. The van der Waals surface area contributed by atoms with Crippen LogP contribution in [0.2, 0.25) is 0 Å². The number of unbranched alkanes of at least 4 members (excludes halogenated alkanes) is 3. The molecule has 1 aliphatic rings. The molecule has 0 aromatic rings. The van der Waals surface area contributed by atoms with Crippen LogP contribution >= 0.6 is 0 Å². The van der Waals surface area contributed by atoms with Gasteiger partial charge < -0.3 is 0 Å². The van der Waals surface area contributed by atoms with E-state index in [1.54, 1.807) is 0 Å². The summed E-state index contributed by atoms with van der Waals surface area (Å²) in [6, 6.07) is 0. The standard InChI is InChI=1S/C16H32/c1-3-5-6-9-12-15(4-2)16-13-10-7-8-11-14-16/h15-16H,3-14H2,1-2H3. The van der Waals surface area contributed by atoms with Gasteiger partial charge in [-0.2, -0.15) is 0 Å². The van der Waals surface area contributed by atoms with E-state index in [1.807, 2.05) is 0 Å². The van der Waals surface area contributed by atoms with Crippen LogP contribution in [0.4, 0.5) is 0 Å². The summed E-state index contributed by atoms with van der Waals surface area (Å²) in [5.41, 5.74) is 0. The summed E-state index contributed by atoms with van der Waals surface area (Å²) in [5.74, 6) is 2.13. The average Bonchev–Trinajstić information content (AvgIpc) is 2.58. The Morgan fingerprint density at radius 3 is 2.12 bits per heavy atom. The Bertz CT molecular complexity index is 142. The summed E-state index contributed by atoms with van der Waals surface area (Å²) in [5, 5.41) is 0. The van der Waals surface area contributed by atoms with Crippen molar-refractivity contribution in [1.82, 2.24) is 0 Å². The van der Waals surface area contributed by atoms with Gasteiger partial charge in [-0.15, -0.1) is 0 Å². The Morgan fingerprint density at radius 2 is 1.56 bits per heavy atom. The third-order valence-electron chi connectivity index (χ3n) is 4.52. The van der Waals surface area contributed by atoms with Gasteiger partial charge in [0, 0.05) is 0 Å². The van der Waals surface area contributed by atoms with Crippen LogP contribution in [-0.2, 0) is 0 Å². The van der Waals surface area contributed by atoms with Crippen LogP contribution in [0.3, 0.4) is 0 Å². The number of hydrogen-bond donors (Lipinski definition) is 0. The SMILES string of the molecule is CCCCCCC(CC)C1CCCCCC1. The second-order valence-corrected chi connectivity index (χ2v) is 5.77. The van der Waals surface area contributed by atoms with Gasteiger partial charge in [0.1, 0.15) is 0 Å². The van der Waals surface area contributed by atoms with Gasteiger partial charge in [0.25, 0.3) is 0 Å². The molecule has 0 aromatic heterocycles. The van der Waals surface area contributed by atoms with Gasteiger partial charge in [0.15, 0.2) is 0 Å². The summed E-state index contributed by atoms with van der Waals surface area (Å²) in [7, 11) is 0. The molecule has 1 rings (SSSR count). The van der Waals surface area contributed by atoms with Crippen molar-refractivity contribution in [3.05, 3.63) is 0 Å². The predicted octanol–water partition coefficient (Wildman–Crippen LogP) is 5.95. The quantitative estimate of drug-likeness (QED) is 0.370. The fourth-order valence-electron chi connectivity index (χ4n) is 3.39. The van der Waals surface area contributed by atoms with E-state index in [-0.39, 0.29) is 0 Å². The van der Waals surface area contributed by atoms with Crippen LogP contribution in [0.1, 0.15) is 90.9 Å². The zero-order valence-electron chi connectivity index (χ0n) is 11.6. The van der Waals surface area contributed by atoms with Gasteiger partial charge in [0.2, 0.25) is 0 Å². The van der Waals surface area contributed by atoms with Crippen molar-refractivity contribution in [3.8, 4) is 0 Å². The molecule has 1 atom stereocenters. The number of rotatable bonds is 7. The van der Waals surface area contributed by atoms with E-state index >= 15 is 0 Å². The molecule has 1 unspecified atom stereocenters. The second-order valence-electron chi connectivity index (χ2n) is 5.77. The van der Waals surface area contributed by atoms with Gasteiger partial charge in [-0.1, -0.05) is 90.9 Å². The maximum atomic E-state index is 2.41. The first-order chi connectivity index (χ1) is 7.88. The highest BCUT2D eigenvalue weighted by Crippen LogP contribution is 2.33. The molecule has 96 valence electrons. The summed E-state index contributed by atoms with van der Waals surface area (Å²) in [4.78, 5) is 0. The van der Waals surface area contributed by atoms with Crippen LogP contribution in [0.25, 0.3) is 0 Å². The van der Waals surface area contributed by atoms with E-state index in [9.17, 15) is 0 Å². The maximum absolute atomic E-state index is 2.41. The summed E-state index contributed by atoms with van der Waals surface area (Å²) >= 11 is 0. The van der Waals surface area contributed by atoms with Crippen molar-refractivity contribution in [2.24, 2.45) is 11.8 Å². The van der Waals surface area contributed by atoms with Crippen molar-refractivity contribution >= 4 is 0 Å². The minimum absolute atomic E-state index is 1.05. The van der Waals surface area contributed by atoms with Gasteiger partial charge in [-0.3, -0.25) is 0 Å². The smallest absolute Gasteiger partial charge is 0.0386 e. The molecule has 0 N–H and O–H groups in total. The van der Waals surface area contributed by atoms with Crippen LogP contribution in [0.5, 0.6) is 0 Å². The second kappa shape index (κ2) is 9.07. The largest absolute Gasteiger partial charge is 0.0654 e. The van der Waals surface area contributed by atoms with E-state index in [4.69, 9.17) is 0 Å². The Labute approximate surface area is 103 Å². The minimum atomic E-state index is 1.05. The lowest BCUT2D eigenvalue weighted by Gasteiger charge is -2.25. The molecular formula is C16H32. The van der Waals surface area contributed by atoms with Crippen molar-refractivity contribution in [2.75, 3.05) is 0 Å². The molecule has 16 heavy (non-hydrogen) atoms. The van der Waals surface area contributed by atoms with E-state index in [0.717, 1.165) is 11.8 Å². The highest BCUT2D eigenvalue weighted by atomic mass is 14.3. The molecule has 0 heterocycles. The molecule has 0 aliphatic heterocycles. The van der Waals surface area contributed by atoms with Gasteiger partial charge >= 0.3 is 0 Å². The minimum Gasteiger partial charge on any atom is -0.0654 e. The molecule has 0 spiro atoms. The van der Waals surface area contributed by atoms with Crippen molar-refractivity contribution in [1.29, 1.82) is 0 Å². The molecule has 0 aromatic carbocycles. The van der Waals surface area contributed by atoms with Gasteiger partial charge in [0.05, 0.1) is 0 Å². The summed E-state index contributed by atoms with van der Waals surface area (Å²) in [6.07, 6.45) is 17.8. The molecular weight excluding hydrogens is 192 g/mol. The zero-order valence-corrected chi connectivity index (χ0v) is 11.6. The molecule has 0 radical (unpaired) electrons. The van der Waals surface area contributed by atoms with Gasteiger partial charge in [-0.25, -0.2) is 0 Å². The Kier molecular flexibility index (Phi) is 7.98. The maximum Gasteiger partial charge on any atom is -0.0386 e. The van der Waals surface area contributed by atoms with E-state index < -0.39 is 0 Å². The van der Waals surface area contributed by atoms with Crippen molar-refractivity contribution in [2.45, 2.75) is 90.9 Å². The van der Waals surface area contributed by atoms with Crippen molar-refractivity contribution < 1.29 is 0 Å². The van der Waals surface area contributed by atoms with Crippen LogP contribution in [-0.4, -0.2) is 0 Å². The lowest BCUT2D eigenvalue weighted by molar-refractivity contribution is 0.266. The lowest BCUT2D eigenvalue weighted by atomic mass is 9.81. The Hall–Kier alpha value is 0. The molecule has 0 amide bonds. The Balaban J connectivity index is 2.22. The number of hydrogen-bond acceptors (Lipinski definition) is 0. The molecule has 0 bridgehead atoms. The molecule has 1 saturated carbocycles. The first-order valence-corrected chi connectivity index (χ1v) is 7.88. The average molecular weight is 224 g/mol. The molecule has 1 fully saturated rings. The fraction of sp³-hybridized carbons (Fsp3) is 1.00. The van der Waals surface area contributed by atoms with Crippen molar-refractivity contribution in [3.63, 3.8) is 0 Å². The Morgan fingerprint density at radius 1 is 0.875 bits per heavy atom. The van der Waals surface area contributed by atoms with E-state index in [1.165, 1.54) is 77.0 Å². The third-order valence-corrected chi connectivity index (χ3v) is 4.52. The van der Waals surface area contributed by atoms with E-state index in [0.29, 0.717) is 0 Å². The molecule has 0 heteroatoms. The third kappa shape index (κ3) is 5.37.